The predicted molar refractivity (Wildman–Crippen MR) is 96.9 cm³/mol. The lowest BCUT2D eigenvalue weighted by Gasteiger charge is -2.17. The molecule has 2 amide bonds. The summed E-state index contributed by atoms with van der Waals surface area (Å²) in [4.78, 5) is 30.3. The van der Waals surface area contributed by atoms with Crippen LogP contribution in [0.1, 0.15) is 52.2 Å². The van der Waals surface area contributed by atoms with Gasteiger partial charge < -0.3 is 10.3 Å². The van der Waals surface area contributed by atoms with Crippen molar-refractivity contribution in [3.63, 3.8) is 0 Å². The molecule has 0 saturated heterocycles. The van der Waals surface area contributed by atoms with Crippen molar-refractivity contribution in [2.75, 3.05) is 6.54 Å². The van der Waals surface area contributed by atoms with Crippen LogP contribution >= 0.6 is 12.4 Å². The molecule has 2 aromatic rings. The first-order chi connectivity index (χ1) is 12.0. The zero-order valence-corrected chi connectivity index (χ0v) is 14.9. The van der Waals surface area contributed by atoms with Crippen molar-refractivity contribution in [1.29, 1.82) is 0 Å². The van der Waals surface area contributed by atoms with E-state index in [0.717, 1.165) is 30.6 Å². The van der Waals surface area contributed by atoms with Crippen LogP contribution in [0.15, 0.2) is 35.4 Å². The van der Waals surface area contributed by atoms with Crippen molar-refractivity contribution in [3.8, 4) is 11.5 Å². The van der Waals surface area contributed by atoms with E-state index < -0.39 is 5.54 Å². The number of hydrogen-bond donors (Lipinski definition) is 1. The number of nitrogens with zero attached hydrogens (tertiary/aromatic N) is 3. The third-order valence-electron chi connectivity index (χ3n) is 4.90. The highest BCUT2D eigenvalue weighted by molar-refractivity contribution is 6.21. The van der Waals surface area contributed by atoms with Gasteiger partial charge in [-0.1, -0.05) is 24.1 Å². The number of fused-ring (bicyclic) bond motifs is 1. The molecule has 7 nitrogen and oxygen atoms in total. The summed E-state index contributed by atoms with van der Waals surface area (Å²) >= 11 is 0. The second-order valence-electron chi connectivity index (χ2n) is 6.56. The van der Waals surface area contributed by atoms with Crippen LogP contribution in [0.3, 0.4) is 0 Å². The summed E-state index contributed by atoms with van der Waals surface area (Å²) in [5.41, 5.74) is 7.13. The Morgan fingerprint density at radius 3 is 2.62 bits per heavy atom. The minimum absolute atomic E-state index is 0. The van der Waals surface area contributed by atoms with Crippen molar-refractivity contribution in [2.24, 2.45) is 5.73 Å². The number of carbonyl (C=O) groups is 2. The molecule has 26 heavy (non-hydrogen) atoms. The van der Waals surface area contributed by atoms with E-state index in [1.54, 1.807) is 18.2 Å². The molecule has 0 unspecified atom stereocenters. The van der Waals surface area contributed by atoms with Crippen LogP contribution in [-0.2, 0) is 5.54 Å². The number of imide groups is 1. The minimum atomic E-state index is -0.537. The number of amides is 2. The third-order valence-corrected chi connectivity index (χ3v) is 4.90. The minimum Gasteiger partial charge on any atom is -0.334 e. The van der Waals surface area contributed by atoms with E-state index in [1.807, 2.05) is 0 Å². The van der Waals surface area contributed by atoms with Gasteiger partial charge in [-0.3, -0.25) is 14.5 Å². The fraction of sp³-hybridized carbons (Fsp3) is 0.333. The van der Waals surface area contributed by atoms with Crippen LogP contribution < -0.4 is 5.73 Å². The number of aromatic nitrogens is 2. The molecule has 2 aliphatic rings. The van der Waals surface area contributed by atoms with E-state index in [9.17, 15) is 9.59 Å². The first-order valence-corrected chi connectivity index (χ1v) is 8.28. The molecule has 0 spiro atoms. The summed E-state index contributed by atoms with van der Waals surface area (Å²) in [7, 11) is 0. The van der Waals surface area contributed by atoms with Crippen LogP contribution in [0.5, 0.6) is 0 Å². The van der Waals surface area contributed by atoms with Gasteiger partial charge in [-0.05, 0) is 31.0 Å². The molecule has 1 aliphatic carbocycles. The largest absolute Gasteiger partial charge is 0.334 e. The normalized spacial score (nSPS) is 18.0. The van der Waals surface area contributed by atoms with E-state index in [4.69, 9.17) is 10.3 Å². The van der Waals surface area contributed by atoms with Gasteiger partial charge in [0, 0.05) is 12.1 Å². The van der Waals surface area contributed by atoms with Crippen LogP contribution in [-0.4, -0.2) is 33.4 Å². The highest BCUT2D eigenvalue weighted by Crippen LogP contribution is 2.36. The Labute approximate surface area is 156 Å². The van der Waals surface area contributed by atoms with E-state index in [0.29, 0.717) is 28.4 Å². The Morgan fingerprint density at radius 2 is 1.92 bits per heavy atom. The Hall–Kier alpha value is -2.51. The number of carbonyl (C=O) groups excluding carboxylic acids is 2. The van der Waals surface area contributed by atoms with Crippen molar-refractivity contribution < 1.29 is 14.1 Å². The highest BCUT2D eigenvalue weighted by atomic mass is 35.5. The SMILES string of the molecule is C=CCN1C(=O)c2ccc(-c3nc(C4(N)CCCC4)no3)cc2C1=O.Cl. The van der Waals surface area contributed by atoms with E-state index in [-0.39, 0.29) is 30.8 Å². The fourth-order valence-electron chi connectivity index (χ4n) is 3.49. The van der Waals surface area contributed by atoms with Crippen molar-refractivity contribution in [3.05, 3.63) is 47.8 Å². The predicted octanol–water partition coefficient (Wildman–Crippen LogP) is 2.67. The monoisotopic (exact) mass is 374 g/mol. The van der Waals surface area contributed by atoms with Crippen LogP contribution in [0.2, 0.25) is 0 Å². The summed E-state index contributed by atoms with van der Waals surface area (Å²) in [6.07, 6.45) is 5.29. The molecule has 2 heterocycles. The summed E-state index contributed by atoms with van der Waals surface area (Å²) in [5, 5.41) is 4.03. The van der Waals surface area contributed by atoms with Gasteiger partial charge in [-0.2, -0.15) is 4.98 Å². The van der Waals surface area contributed by atoms with Gasteiger partial charge in [-0.15, -0.1) is 19.0 Å². The number of rotatable bonds is 4. The van der Waals surface area contributed by atoms with E-state index in [1.165, 1.54) is 6.08 Å². The summed E-state index contributed by atoms with van der Waals surface area (Å²) in [6.45, 7) is 3.76. The molecular formula is C18H19ClN4O3. The Morgan fingerprint density at radius 1 is 1.23 bits per heavy atom. The van der Waals surface area contributed by atoms with Gasteiger partial charge in [0.2, 0.25) is 0 Å². The smallest absolute Gasteiger partial charge is 0.261 e. The Balaban J connectivity index is 0.00000196. The molecule has 4 rings (SSSR count). The first-order valence-electron chi connectivity index (χ1n) is 8.28. The zero-order valence-electron chi connectivity index (χ0n) is 14.1. The standard InChI is InChI=1S/C18H18N4O3.ClH/c1-2-9-22-15(23)12-6-5-11(10-13(12)16(22)24)14-20-17(21-25-14)18(19)7-3-4-8-18;/h2,5-6,10H,1,3-4,7-9,19H2;1H. The van der Waals surface area contributed by atoms with Gasteiger partial charge in [0.15, 0.2) is 5.82 Å². The molecule has 0 atom stereocenters. The Bertz CT molecular complexity index is 886. The summed E-state index contributed by atoms with van der Waals surface area (Å²) in [5.74, 6) is 0.144. The molecule has 1 aromatic heterocycles. The number of nitrogens with two attached hydrogens (primary N) is 1. The van der Waals surface area contributed by atoms with Crippen molar-refractivity contribution in [1.82, 2.24) is 15.0 Å². The number of hydrogen-bond acceptors (Lipinski definition) is 6. The van der Waals surface area contributed by atoms with E-state index in [2.05, 4.69) is 16.7 Å². The highest BCUT2D eigenvalue weighted by Gasteiger charge is 2.37. The van der Waals surface area contributed by atoms with Gasteiger partial charge in [-0.25, -0.2) is 0 Å². The zero-order chi connectivity index (χ0) is 17.6. The fourth-order valence-corrected chi connectivity index (χ4v) is 3.49. The maximum Gasteiger partial charge on any atom is 0.261 e. The van der Waals surface area contributed by atoms with Crippen molar-refractivity contribution >= 4 is 24.2 Å². The van der Waals surface area contributed by atoms with Gasteiger partial charge in [0.05, 0.1) is 16.7 Å². The molecule has 1 saturated carbocycles. The average molecular weight is 375 g/mol. The number of halogens is 1. The topological polar surface area (TPSA) is 102 Å². The van der Waals surface area contributed by atoms with Crippen LogP contribution in [0.4, 0.5) is 0 Å². The molecular weight excluding hydrogens is 356 g/mol. The molecule has 8 heteroatoms. The molecule has 136 valence electrons. The van der Waals surface area contributed by atoms with Crippen molar-refractivity contribution in [2.45, 2.75) is 31.2 Å². The molecule has 1 fully saturated rings. The lowest BCUT2D eigenvalue weighted by atomic mass is 9.98. The average Bonchev–Trinajstić information content (AvgIpc) is 3.32. The van der Waals surface area contributed by atoms with Crippen LogP contribution in [0.25, 0.3) is 11.5 Å². The van der Waals surface area contributed by atoms with Gasteiger partial charge >= 0.3 is 0 Å². The maximum atomic E-state index is 12.4. The Kier molecular flexibility index (Phi) is 4.68. The lowest BCUT2D eigenvalue weighted by Crippen LogP contribution is -2.34. The van der Waals surface area contributed by atoms with Gasteiger partial charge in [0.1, 0.15) is 0 Å². The molecule has 0 radical (unpaired) electrons. The van der Waals surface area contributed by atoms with E-state index >= 15 is 0 Å². The number of benzene rings is 1. The maximum absolute atomic E-state index is 12.4. The molecule has 0 bridgehead atoms. The lowest BCUT2D eigenvalue weighted by molar-refractivity contribution is 0.0672. The molecule has 1 aliphatic heterocycles. The second kappa shape index (κ2) is 6.66. The molecule has 1 aromatic carbocycles. The van der Waals surface area contributed by atoms with Gasteiger partial charge in [0.25, 0.3) is 17.7 Å². The third kappa shape index (κ3) is 2.73. The summed E-state index contributed by atoms with van der Waals surface area (Å²) in [6, 6.07) is 4.94. The van der Waals surface area contributed by atoms with Crippen LogP contribution in [0, 0.1) is 0 Å². The quantitative estimate of drug-likeness (QED) is 0.652. The second-order valence-corrected chi connectivity index (χ2v) is 6.56. The first kappa shape index (κ1) is 18.3. The molecule has 2 N–H and O–H groups in total. The summed E-state index contributed by atoms with van der Waals surface area (Å²) < 4.78 is 5.36.